The Morgan fingerprint density at radius 3 is 2.50 bits per heavy atom. The topological polar surface area (TPSA) is 66.1 Å². The molecular formula is C16H19FN4O. The summed E-state index contributed by atoms with van der Waals surface area (Å²) < 4.78 is 12.8. The highest BCUT2D eigenvalue weighted by Gasteiger charge is 2.03. The first kappa shape index (κ1) is 15.8. The maximum atomic E-state index is 12.8. The maximum absolute atomic E-state index is 12.8. The minimum atomic E-state index is -0.260. The van der Waals surface area contributed by atoms with Crippen molar-refractivity contribution in [3.05, 3.63) is 54.0 Å². The molecule has 0 atom stereocenters. The Morgan fingerprint density at radius 2 is 1.91 bits per heavy atom. The number of anilines is 2. The second kappa shape index (κ2) is 7.40. The Bertz CT molecular complexity index is 611. The lowest BCUT2D eigenvalue weighted by Gasteiger charge is -2.10. The van der Waals surface area contributed by atoms with Gasteiger partial charge >= 0.3 is 6.03 Å². The summed E-state index contributed by atoms with van der Waals surface area (Å²) in [4.78, 5) is 15.8. The first-order chi connectivity index (χ1) is 10.5. The van der Waals surface area contributed by atoms with E-state index in [2.05, 4.69) is 20.9 Å². The molecule has 5 nitrogen and oxygen atoms in total. The fourth-order valence-electron chi connectivity index (χ4n) is 1.80. The summed E-state index contributed by atoms with van der Waals surface area (Å²) >= 11 is 0. The molecular weight excluding hydrogens is 283 g/mol. The molecule has 0 aliphatic heterocycles. The number of aromatic nitrogens is 1. The zero-order chi connectivity index (χ0) is 15.9. The Balaban J connectivity index is 1.86. The zero-order valence-electron chi connectivity index (χ0n) is 12.6. The maximum Gasteiger partial charge on any atom is 0.319 e. The standard InChI is InChI=1S/C16H19FN4O/c1-11(2)20-16(22)21-14-7-8-15(19-10-14)18-9-12-3-5-13(17)6-4-12/h3-8,10-11H,9H2,1-2H3,(H,18,19)(H2,20,21,22). The van der Waals surface area contributed by atoms with Crippen LogP contribution in [0.2, 0.25) is 0 Å². The van der Waals surface area contributed by atoms with E-state index in [4.69, 9.17) is 0 Å². The highest BCUT2D eigenvalue weighted by Crippen LogP contribution is 2.11. The average molecular weight is 302 g/mol. The minimum Gasteiger partial charge on any atom is -0.366 e. The molecule has 1 aromatic heterocycles. The molecule has 0 radical (unpaired) electrons. The fraction of sp³-hybridized carbons (Fsp3) is 0.250. The first-order valence-electron chi connectivity index (χ1n) is 7.05. The number of urea groups is 1. The molecule has 3 N–H and O–H groups in total. The summed E-state index contributed by atoms with van der Waals surface area (Å²) in [5.74, 6) is 0.427. The van der Waals surface area contributed by atoms with Crippen molar-refractivity contribution in [3.63, 3.8) is 0 Å². The van der Waals surface area contributed by atoms with Crippen LogP contribution >= 0.6 is 0 Å². The van der Waals surface area contributed by atoms with Gasteiger partial charge in [-0.25, -0.2) is 14.2 Å². The van der Waals surface area contributed by atoms with E-state index in [0.717, 1.165) is 5.56 Å². The van der Waals surface area contributed by atoms with Crippen molar-refractivity contribution in [2.24, 2.45) is 0 Å². The van der Waals surface area contributed by atoms with Gasteiger partial charge in [0.2, 0.25) is 0 Å². The van der Waals surface area contributed by atoms with Crippen molar-refractivity contribution < 1.29 is 9.18 Å². The van der Waals surface area contributed by atoms with Gasteiger partial charge in [0.25, 0.3) is 0 Å². The lowest BCUT2D eigenvalue weighted by molar-refractivity contribution is 0.250. The summed E-state index contributed by atoms with van der Waals surface area (Å²) in [6.45, 7) is 4.33. The Hall–Kier alpha value is -2.63. The third-order valence-electron chi connectivity index (χ3n) is 2.83. The summed E-state index contributed by atoms with van der Waals surface area (Å²) in [6, 6.07) is 9.63. The Kier molecular flexibility index (Phi) is 5.30. The van der Waals surface area contributed by atoms with E-state index in [1.807, 2.05) is 13.8 Å². The molecule has 22 heavy (non-hydrogen) atoms. The van der Waals surface area contributed by atoms with Gasteiger partial charge in [-0.15, -0.1) is 0 Å². The van der Waals surface area contributed by atoms with Crippen molar-refractivity contribution in [2.75, 3.05) is 10.6 Å². The van der Waals surface area contributed by atoms with Gasteiger partial charge in [-0.1, -0.05) is 12.1 Å². The smallest absolute Gasteiger partial charge is 0.319 e. The molecule has 6 heteroatoms. The third-order valence-corrected chi connectivity index (χ3v) is 2.83. The molecule has 0 aliphatic carbocycles. The van der Waals surface area contributed by atoms with Crippen LogP contribution in [0.3, 0.4) is 0 Å². The second-order valence-electron chi connectivity index (χ2n) is 5.17. The van der Waals surface area contributed by atoms with Gasteiger partial charge in [-0.3, -0.25) is 0 Å². The molecule has 0 spiro atoms. The first-order valence-corrected chi connectivity index (χ1v) is 7.05. The van der Waals surface area contributed by atoms with E-state index in [9.17, 15) is 9.18 Å². The predicted molar refractivity (Wildman–Crippen MR) is 85.3 cm³/mol. The summed E-state index contributed by atoms with van der Waals surface area (Å²) in [5, 5.41) is 8.56. The molecule has 0 saturated carbocycles. The van der Waals surface area contributed by atoms with Crippen molar-refractivity contribution in [2.45, 2.75) is 26.4 Å². The van der Waals surface area contributed by atoms with E-state index >= 15 is 0 Å². The summed E-state index contributed by atoms with van der Waals surface area (Å²) in [6.07, 6.45) is 1.58. The summed E-state index contributed by atoms with van der Waals surface area (Å²) in [7, 11) is 0. The molecule has 1 aromatic carbocycles. The van der Waals surface area contributed by atoms with Gasteiger partial charge in [0.05, 0.1) is 11.9 Å². The summed E-state index contributed by atoms with van der Waals surface area (Å²) in [5.41, 5.74) is 1.58. The van der Waals surface area contributed by atoms with E-state index < -0.39 is 0 Å². The number of nitrogens with one attached hydrogen (secondary N) is 3. The van der Waals surface area contributed by atoms with Gasteiger partial charge in [0, 0.05) is 12.6 Å². The number of amides is 2. The van der Waals surface area contributed by atoms with Gasteiger partial charge in [-0.05, 0) is 43.7 Å². The van der Waals surface area contributed by atoms with Crippen LogP contribution in [0.25, 0.3) is 0 Å². The molecule has 0 saturated heterocycles. The highest BCUT2D eigenvalue weighted by molar-refractivity contribution is 5.89. The SMILES string of the molecule is CC(C)NC(=O)Nc1ccc(NCc2ccc(F)cc2)nc1. The van der Waals surface area contributed by atoms with E-state index in [1.165, 1.54) is 12.1 Å². The lowest BCUT2D eigenvalue weighted by atomic mass is 10.2. The number of hydrogen-bond acceptors (Lipinski definition) is 3. The number of nitrogens with zero attached hydrogens (tertiary/aromatic N) is 1. The normalized spacial score (nSPS) is 10.4. The number of rotatable bonds is 5. The second-order valence-corrected chi connectivity index (χ2v) is 5.17. The molecule has 2 amide bonds. The van der Waals surface area contributed by atoms with Crippen molar-refractivity contribution in [3.8, 4) is 0 Å². The Labute approximate surface area is 129 Å². The number of pyridine rings is 1. The van der Waals surface area contributed by atoms with Crippen molar-refractivity contribution in [1.29, 1.82) is 0 Å². The highest BCUT2D eigenvalue weighted by atomic mass is 19.1. The van der Waals surface area contributed by atoms with Crippen LogP contribution in [-0.4, -0.2) is 17.1 Å². The molecule has 2 rings (SSSR count). The van der Waals surface area contributed by atoms with Crippen molar-refractivity contribution >= 4 is 17.5 Å². The van der Waals surface area contributed by atoms with Crippen LogP contribution in [0.5, 0.6) is 0 Å². The Morgan fingerprint density at radius 1 is 1.18 bits per heavy atom. The number of carbonyl (C=O) groups is 1. The zero-order valence-corrected chi connectivity index (χ0v) is 12.6. The molecule has 116 valence electrons. The average Bonchev–Trinajstić information content (AvgIpc) is 2.47. The fourth-order valence-corrected chi connectivity index (χ4v) is 1.80. The number of benzene rings is 1. The predicted octanol–water partition coefficient (Wildman–Crippen LogP) is 3.36. The number of carbonyl (C=O) groups excluding carboxylic acids is 1. The van der Waals surface area contributed by atoms with Crippen LogP contribution < -0.4 is 16.0 Å². The lowest BCUT2D eigenvalue weighted by Crippen LogP contribution is -2.34. The van der Waals surface area contributed by atoms with Crippen LogP contribution in [-0.2, 0) is 6.54 Å². The monoisotopic (exact) mass is 302 g/mol. The van der Waals surface area contributed by atoms with E-state index in [-0.39, 0.29) is 17.9 Å². The van der Waals surface area contributed by atoms with Gasteiger partial charge in [0.15, 0.2) is 0 Å². The van der Waals surface area contributed by atoms with Crippen LogP contribution in [0.15, 0.2) is 42.6 Å². The minimum absolute atomic E-state index is 0.0737. The van der Waals surface area contributed by atoms with Crippen LogP contribution in [0.1, 0.15) is 19.4 Å². The van der Waals surface area contributed by atoms with Gasteiger partial charge in [-0.2, -0.15) is 0 Å². The number of hydrogen-bond donors (Lipinski definition) is 3. The number of halogens is 1. The van der Waals surface area contributed by atoms with E-state index in [1.54, 1.807) is 30.5 Å². The molecule has 0 fully saturated rings. The molecule has 0 bridgehead atoms. The molecule has 1 heterocycles. The molecule has 0 unspecified atom stereocenters. The van der Waals surface area contributed by atoms with E-state index in [0.29, 0.717) is 18.1 Å². The van der Waals surface area contributed by atoms with Gasteiger partial charge < -0.3 is 16.0 Å². The third kappa shape index (κ3) is 5.05. The van der Waals surface area contributed by atoms with Gasteiger partial charge in [0.1, 0.15) is 11.6 Å². The quantitative estimate of drug-likeness (QED) is 0.793. The molecule has 2 aromatic rings. The van der Waals surface area contributed by atoms with Crippen LogP contribution in [0, 0.1) is 5.82 Å². The molecule has 0 aliphatic rings. The largest absolute Gasteiger partial charge is 0.366 e. The van der Waals surface area contributed by atoms with Crippen LogP contribution in [0.4, 0.5) is 20.7 Å². The van der Waals surface area contributed by atoms with Crippen molar-refractivity contribution in [1.82, 2.24) is 10.3 Å².